The number of aliphatic hydroxyl groups is 1. The van der Waals surface area contributed by atoms with Gasteiger partial charge in [-0.05, 0) is 67.0 Å². The second-order valence-electron chi connectivity index (χ2n) is 11.1. The van der Waals surface area contributed by atoms with Gasteiger partial charge in [0, 0.05) is 55.3 Å². The van der Waals surface area contributed by atoms with E-state index in [0.717, 1.165) is 69.6 Å². The van der Waals surface area contributed by atoms with Gasteiger partial charge in [0.1, 0.15) is 5.82 Å². The Hall–Kier alpha value is -3.40. The van der Waals surface area contributed by atoms with E-state index in [1.165, 1.54) is 11.5 Å². The molecule has 5 heteroatoms. The zero-order chi connectivity index (χ0) is 30.4. The van der Waals surface area contributed by atoms with Crippen LogP contribution in [0.15, 0.2) is 78.7 Å². The number of ketones is 1. The smallest absolute Gasteiger partial charge is 0.162 e. The molecule has 0 amide bonds. The summed E-state index contributed by atoms with van der Waals surface area (Å²) in [5, 5.41) is 15.4. The number of rotatable bonds is 8. The zero-order valence-corrected chi connectivity index (χ0v) is 28.3. The number of allylic oxidation sites excluding steroid dienone is 2. The van der Waals surface area contributed by atoms with Crippen molar-refractivity contribution in [3.8, 4) is 11.3 Å². The average Bonchev–Trinajstić information content (AvgIpc) is 2.98. The number of fused-ring (bicyclic) bond motifs is 4. The van der Waals surface area contributed by atoms with Crippen molar-refractivity contribution in [3.63, 3.8) is 0 Å². The van der Waals surface area contributed by atoms with Crippen molar-refractivity contribution in [3.05, 3.63) is 102 Å². The molecule has 1 heterocycles. The van der Waals surface area contributed by atoms with Crippen LogP contribution in [0.5, 0.6) is 0 Å². The molecule has 5 rings (SSSR count). The number of hydrogen-bond acceptors (Lipinski definition) is 3. The van der Waals surface area contributed by atoms with Crippen LogP contribution in [-0.2, 0) is 24.9 Å². The van der Waals surface area contributed by atoms with Crippen LogP contribution >= 0.6 is 0 Å². The summed E-state index contributed by atoms with van der Waals surface area (Å²) in [6, 6.07) is 23.2. The van der Waals surface area contributed by atoms with Crippen LogP contribution in [0.3, 0.4) is 0 Å². The number of carbonyl (C=O) groups excluding carboxylic acids is 1. The topological polar surface area (TPSA) is 50.2 Å². The minimum Gasteiger partial charge on any atom is -0.512 e. The molecule has 227 valence electrons. The van der Waals surface area contributed by atoms with Crippen molar-refractivity contribution in [2.24, 2.45) is 11.8 Å². The van der Waals surface area contributed by atoms with E-state index in [4.69, 9.17) is 0 Å². The minimum atomic E-state index is -0.215. The number of hydrogen-bond donors (Lipinski definition) is 1. The van der Waals surface area contributed by atoms with E-state index >= 15 is 0 Å². The second-order valence-corrected chi connectivity index (χ2v) is 11.1. The van der Waals surface area contributed by atoms with Gasteiger partial charge in [0.05, 0.1) is 5.76 Å². The Balaban J connectivity index is 0.000000274. The fourth-order valence-electron chi connectivity index (χ4n) is 5.68. The first kappa shape index (κ1) is 34.1. The van der Waals surface area contributed by atoms with Gasteiger partial charge in [0.25, 0.3) is 0 Å². The molecule has 1 aromatic heterocycles. The summed E-state index contributed by atoms with van der Waals surface area (Å²) in [4.78, 5) is 16.3. The van der Waals surface area contributed by atoms with Gasteiger partial charge in [-0.2, -0.15) is 0 Å². The van der Waals surface area contributed by atoms with Gasteiger partial charge >= 0.3 is 0 Å². The Morgan fingerprint density at radius 2 is 1.49 bits per heavy atom. The van der Waals surface area contributed by atoms with Crippen molar-refractivity contribution in [1.29, 1.82) is 0 Å². The van der Waals surface area contributed by atoms with E-state index in [9.17, 15) is 14.3 Å². The fourth-order valence-corrected chi connectivity index (χ4v) is 5.68. The van der Waals surface area contributed by atoms with Crippen molar-refractivity contribution < 1.29 is 34.4 Å². The molecule has 0 aliphatic carbocycles. The maximum absolute atomic E-state index is 14.9. The molecule has 0 saturated carbocycles. The Kier molecular flexibility index (Phi) is 12.2. The molecule has 0 spiro atoms. The van der Waals surface area contributed by atoms with Crippen LogP contribution in [0.4, 0.5) is 4.39 Å². The molecule has 0 aliphatic heterocycles. The quantitative estimate of drug-likeness (QED) is 0.0743. The number of pyridine rings is 1. The van der Waals surface area contributed by atoms with Gasteiger partial charge in [0.2, 0.25) is 0 Å². The molecule has 4 aromatic carbocycles. The molecule has 0 atom stereocenters. The van der Waals surface area contributed by atoms with Crippen LogP contribution < -0.4 is 0 Å². The van der Waals surface area contributed by atoms with E-state index in [1.54, 1.807) is 12.3 Å². The predicted molar refractivity (Wildman–Crippen MR) is 174 cm³/mol. The molecular formula is C38H41FIrNO2-. The first-order valence-corrected chi connectivity index (χ1v) is 15.1. The van der Waals surface area contributed by atoms with Gasteiger partial charge in [-0.1, -0.05) is 81.5 Å². The number of aryl methyl sites for hydroxylation is 2. The molecule has 0 unspecified atom stereocenters. The molecule has 0 fully saturated rings. The molecule has 3 nitrogen and oxygen atoms in total. The Morgan fingerprint density at radius 1 is 0.837 bits per heavy atom. The van der Waals surface area contributed by atoms with Crippen LogP contribution in [0.1, 0.15) is 64.5 Å². The van der Waals surface area contributed by atoms with Crippen LogP contribution in [-0.4, -0.2) is 15.9 Å². The molecule has 43 heavy (non-hydrogen) atoms. The zero-order valence-electron chi connectivity index (χ0n) is 25.9. The fraction of sp³-hybridized carbons (Fsp3) is 0.316. The summed E-state index contributed by atoms with van der Waals surface area (Å²) < 4.78 is 14.9. The molecule has 5 aromatic rings. The molecule has 0 saturated heterocycles. The number of nitrogens with zero attached hydrogens (tertiary/aromatic N) is 1. The van der Waals surface area contributed by atoms with E-state index in [0.29, 0.717) is 5.39 Å². The van der Waals surface area contributed by atoms with E-state index in [-0.39, 0.29) is 49.3 Å². The van der Waals surface area contributed by atoms with Crippen LogP contribution in [0.2, 0.25) is 0 Å². The molecular weight excluding hydrogens is 714 g/mol. The second kappa shape index (κ2) is 15.4. The van der Waals surface area contributed by atoms with Crippen molar-refractivity contribution in [2.75, 3.05) is 0 Å². The Morgan fingerprint density at radius 3 is 2.16 bits per heavy atom. The van der Waals surface area contributed by atoms with Gasteiger partial charge < -0.3 is 5.11 Å². The molecule has 0 aliphatic rings. The first-order valence-electron chi connectivity index (χ1n) is 15.1. The van der Waals surface area contributed by atoms with Crippen molar-refractivity contribution in [1.82, 2.24) is 4.98 Å². The van der Waals surface area contributed by atoms with Gasteiger partial charge in [-0.15, -0.1) is 29.1 Å². The standard InChI is InChI=1S/C25H17FN.C13H24O2.Ir/c1-15-7-8-20-21-9-10-27-25(23(21)14-24(26)22(20)11-15)18-12-16(2)19-6-4-3-5-17(19)13-18;1-5-10(6-2)12(14)9-13(15)11(7-3)8-4;/h3-12,14H,1-2H3;9-11,14H,5-8H2,1-4H3;/q-1;;. The normalized spacial score (nSPS) is 11.6. The van der Waals surface area contributed by atoms with Crippen molar-refractivity contribution >= 4 is 38.1 Å². The summed E-state index contributed by atoms with van der Waals surface area (Å²) in [6.07, 6.45) is 6.71. The predicted octanol–water partition coefficient (Wildman–Crippen LogP) is 10.6. The number of halogens is 1. The summed E-state index contributed by atoms with van der Waals surface area (Å²) >= 11 is 0. The third-order valence-corrected chi connectivity index (χ3v) is 8.30. The van der Waals surface area contributed by atoms with E-state index < -0.39 is 0 Å². The van der Waals surface area contributed by atoms with Gasteiger partial charge in [-0.3, -0.25) is 9.78 Å². The van der Waals surface area contributed by atoms with Gasteiger partial charge in [-0.25, -0.2) is 4.39 Å². The molecule has 0 bridgehead atoms. The Bertz CT molecular complexity index is 1750. The molecule has 1 N–H and O–H groups in total. The van der Waals surface area contributed by atoms with E-state index in [1.807, 2.05) is 71.0 Å². The molecule has 1 radical (unpaired) electrons. The summed E-state index contributed by atoms with van der Waals surface area (Å²) in [5.41, 5.74) is 3.87. The number of benzene rings is 4. The van der Waals surface area contributed by atoms with Crippen molar-refractivity contribution in [2.45, 2.75) is 67.2 Å². The number of aliphatic hydroxyl groups excluding tert-OH is 1. The van der Waals surface area contributed by atoms with Crippen LogP contribution in [0, 0.1) is 37.6 Å². The Labute approximate surface area is 268 Å². The summed E-state index contributed by atoms with van der Waals surface area (Å²) in [6.45, 7) is 12.1. The number of carbonyl (C=O) groups is 1. The third kappa shape index (κ3) is 7.58. The average molecular weight is 755 g/mol. The summed E-state index contributed by atoms with van der Waals surface area (Å²) in [5.74, 6) is 0.332. The maximum Gasteiger partial charge on any atom is 0.162 e. The minimum absolute atomic E-state index is 0. The van der Waals surface area contributed by atoms with E-state index in [2.05, 4.69) is 36.2 Å². The summed E-state index contributed by atoms with van der Waals surface area (Å²) in [7, 11) is 0. The monoisotopic (exact) mass is 755 g/mol. The SMILES string of the molecule is CCC(CC)C(=O)C=C(O)C(CC)CC.Cc1ccc2c(c1)c(F)cc1c(-c3[c-]c4ccccc4c(C)c3)nccc12.[Ir]. The maximum atomic E-state index is 14.9. The van der Waals surface area contributed by atoms with Crippen LogP contribution in [0.25, 0.3) is 43.6 Å². The first-order chi connectivity index (χ1) is 20.2. The largest absolute Gasteiger partial charge is 0.512 e. The van der Waals surface area contributed by atoms with Gasteiger partial charge in [0.15, 0.2) is 5.78 Å². The third-order valence-electron chi connectivity index (χ3n) is 8.30. The number of aromatic nitrogens is 1.